The van der Waals surface area contributed by atoms with E-state index >= 15 is 0 Å². The molecular weight excluding hydrogens is 681 g/mol. The van der Waals surface area contributed by atoms with Crippen molar-refractivity contribution in [3.63, 3.8) is 0 Å². The summed E-state index contributed by atoms with van der Waals surface area (Å²) in [5.74, 6) is 0.712. The van der Waals surface area contributed by atoms with E-state index in [0.717, 1.165) is 46.6 Å². The molecule has 0 radical (unpaired) electrons. The van der Waals surface area contributed by atoms with E-state index in [1.54, 1.807) is 0 Å². The van der Waals surface area contributed by atoms with Crippen molar-refractivity contribution in [2.24, 2.45) is 0 Å². The van der Waals surface area contributed by atoms with Crippen LogP contribution < -0.4 is 0 Å². The average molecular weight is 717 g/mol. The van der Waals surface area contributed by atoms with Crippen LogP contribution in [0.2, 0.25) is 0 Å². The summed E-state index contributed by atoms with van der Waals surface area (Å²) in [6, 6.07) is 64.9. The Morgan fingerprint density at radius 3 is 1.68 bits per heavy atom. The van der Waals surface area contributed by atoms with E-state index in [9.17, 15) is 0 Å². The number of hydrogen-bond donors (Lipinski definition) is 0. The summed E-state index contributed by atoms with van der Waals surface area (Å²) in [7, 11) is 0. The van der Waals surface area contributed by atoms with Crippen LogP contribution >= 0.6 is 0 Å². The topological polar surface area (TPSA) is 35.6 Å². The summed E-state index contributed by atoms with van der Waals surface area (Å²) in [6.07, 6.45) is 6.62. The monoisotopic (exact) mass is 716 g/mol. The third-order valence-electron chi connectivity index (χ3n) is 11.2. The zero-order chi connectivity index (χ0) is 37.0. The summed E-state index contributed by atoms with van der Waals surface area (Å²) < 4.78 is 4.83. The molecule has 3 aromatic heterocycles. The minimum absolute atomic E-state index is 0.712. The molecule has 0 bridgehead atoms. The van der Waals surface area contributed by atoms with E-state index < -0.39 is 0 Å². The molecule has 0 atom stereocenters. The van der Waals surface area contributed by atoms with Gasteiger partial charge in [-0.15, -0.1) is 0 Å². The molecule has 4 heteroatoms. The average Bonchev–Trinajstić information content (AvgIpc) is 3.79. The number of rotatable bonds is 6. The van der Waals surface area contributed by atoms with Gasteiger partial charge in [0.2, 0.25) is 0 Å². The van der Waals surface area contributed by atoms with Gasteiger partial charge in [0, 0.05) is 55.5 Å². The summed E-state index contributed by atoms with van der Waals surface area (Å²) in [6.45, 7) is 0. The highest BCUT2D eigenvalue weighted by Crippen LogP contribution is 2.39. The van der Waals surface area contributed by atoms with Crippen molar-refractivity contribution in [3.05, 3.63) is 199 Å². The van der Waals surface area contributed by atoms with Crippen LogP contribution in [0.4, 0.5) is 0 Å². The Balaban J connectivity index is 1.04. The molecule has 4 nitrogen and oxygen atoms in total. The maximum Gasteiger partial charge on any atom is 0.160 e. The van der Waals surface area contributed by atoms with E-state index in [1.165, 1.54) is 60.8 Å². The standard InChI is InChI=1S/C52H36N4/c1-4-15-35(16-5-1)46-34-47(36-17-6-2-7-18-36)54-52(53-46)39-19-14-22-41(31-39)56-49-26-13-11-24-43(49)45-33-38(28-30-51(45)56)37-27-29-50-44(32-37)42-23-10-12-25-48(42)55(50)40-20-8-3-9-21-40/h1-12,14-25,27-34H,13,26H2. The number of fused-ring (bicyclic) bond motifs is 6. The van der Waals surface area contributed by atoms with Gasteiger partial charge in [0.05, 0.1) is 27.9 Å². The fourth-order valence-electron chi connectivity index (χ4n) is 8.58. The molecule has 10 aromatic rings. The predicted octanol–water partition coefficient (Wildman–Crippen LogP) is 13.1. The fourth-order valence-corrected chi connectivity index (χ4v) is 8.58. The van der Waals surface area contributed by atoms with Crippen molar-refractivity contribution in [1.82, 2.24) is 19.1 Å². The molecule has 0 unspecified atom stereocenters. The smallest absolute Gasteiger partial charge is 0.160 e. The summed E-state index contributed by atoms with van der Waals surface area (Å²) in [5, 5.41) is 3.78. The maximum absolute atomic E-state index is 5.14. The Labute approximate surface area is 325 Å². The first kappa shape index (κ1) is 32.2. The SMILES string of the molecule is C1=Cc2c(n(-c3cccc(-c4nc(-c5ccccc5)cc(-c5ccccc5)n4)c3)c3ccc(-c4ccc5c(c4)c4ccccc4n5-c4ccccc4)cc23)CC1. The number of benzene rings is 7. The quantitative estimate of drug-likeness (QED) is 0.172. The first-order chi connectivity index (χ1) is 27.8. The minimum atomic E-state index is 0.712. The number of aromatic nitrogens is 4. The number of para-hydroxylation sites is 2. The lowest BCUT2D eigenvalue weighted by molar-refractivity contribution is 0.888. The van der Waals surface area contributed by atoms with Crippen molar-refractivity contribution in [2.75, 3.05) is 0 Å². The Morgan fingerprint density at radius 1 is 0.393 bits per heavy atom. The van der Waals surface area contributed by atoms with Gasteiger partial charge in [0.1, 0.15) is 0 Å². The Morgan fingerprint density at radius 2 is 0.964 bits per heavy atom. The molecule has 0 saturated heterocycles. The lowest BCUT2D eigenvalue weighted by Crippen LogP contribution is -2.03. The lowest BCUT2D eigenvalue weighted by Gasteiger charge is -2.15. The highest BCUT2D eigenvalue weighted by molar-refractivity contribution is 6.10. The van der Waals surface area contributed by atoms with Crippen LogP contribution in [0.15, 0.2) is 188 Å². The highest BCUT2D eigenvalue weighted by Gasteiger charge is 2.21. The van der Waals surface area contributed by atoms with E-state index in [0.29, 0.717) is 5.82 Å². The van der Waals surface area contributed by atoms with Crippen molar-refractivity contribution >= 4 is 38.8 Å². The van der Waals surface area contributed by atoms with E-state index in [4.69, 9.17) is 9.97 Å². The number of allylic oxidation sites excluding steroid dienone is 1. The van der Waals surface area contributed by atoms with E-state index in [1.807, 2.05) is 12.1 Å². The molecule has 11 rings (SSSR count). The summed E-state index contributed by atoms with van der Waals surface area (Å²) in [4.78, 5) is 10.3. The van der Waals surface area contributed by atoms with Gasteiger partial charge in [0.25, 0.3) is 0 Å². The van der Waals surface area contributed by atoms with Crippen molar-refractivity contribution < 1.29 is 0 Å². The largest absolute Gasteiger partial charge is 0.313 e. The number of nitrogens with zero attached hydrogens (tertiary/aromatic N) is 4. The second kappa shape index (κ2) is 13.2. The summed E-state index contributed by atoms with van der Waals surface area (Å²) in [5.41, 5.74) is 15.9. The Hall–Kier alpha value is -7.30. The van der Waals surface area contributed by atoms with Gasteiger partial charge in [-0.25, -0.2) is 9.97 Å². The molecule has 0 fully saturated rings. The third kappa shape index (κ3) is 5.38. The maximum atomic E-state index is 5.14. The number of hydrogen-bond acceptors (Lipinski definition) is 2. The highest BCUT2D eigenvalue weighted by atomic mass is 15.0. The molecular formula is C52H36N4. The summed E-state index contributed by atoms with van der Waals surface area (Å²) >= 11 is 0. The van der Waals surface area contributed by atoms with Gasteiger partial charge in [0.15, 0.2) is 5.82 Å². The van der Waals surface area contributed by atoms with Crippen LogP contribution in [0.5, 0.6) is 0 Å². The minimum Gasteiger partial charge on any atom is -0.313 e. The zero-order valence-electron chi connectivity index (χ0n) is 30.7. The van der Waals surface area contributed by atoms with Crippen molar-refractivity contribution in [1.29, 1.82) is 0 Å². The van der Waals surface area contributed by atoms with Crippen LogP contribution in [-0.4, -0.2) is 19.1 Å². The molecule has 7 aromatic carbocycles. The molecule has 0 N–H and O–H groups in total. The van der Waals surface area contributed by atoms with Gasteiger partial charge < -0.3 is 9.13 Å². The Bertz CT molecular complexity index is 3060. The van der Waals surface area contributed by atoms with E-state index in [2.05, 4.69) is 191 Å². The molecule has 1 aliphatic rings. The van der Waals surface area contributed by atoms with Crippen LogP contribution in [0, 0.1) is 0 Å². The Kier molecular flexibility index (Phi) is 7.59. The first-order valence-corrected chi connectivity index (χ1v) is 19.3. The van der Waals surface area contributed by atoms with Crippen LogP contribution in [0.1, 0.15) is 17.7 Å². The van der Waals surface area contributed by atoms with Gasteiger partial charge in [-0.3, -0.25) is 0 Å². The fraction of sp³-hybridized carbons (Fsp3) is 0.0385. The second-order valence-corrected chi connectivity index (χ2v) is 14.5. The van der Waals surface area contributed by atoms with Crippen molar-refractivity contribution in [2.45, 2.75) is 12.8 Å². The second-order valence-electron chi connectivity index (χ2n) is 14.5. The third-order valence-corrected chi connectivity index (χ3v) is 11.2. The van der Waals surface area contributed by atoms with Gasteiger partial charge in [-0.05, 0) is 84.6 Å². The van der Waals surface area contributed by atoms with Crippen LogP contribution in [-0.2, 0) is 6.42 Å². The molecule has 3 heterocycles. The first-order valence-electron chi connectivity index (χ1n) is 19.3. The van der Waals surface area contributed by atoms with Gasteiger partial charge in [-0.2, -0.15) is 0 Å². The molecule has 0 aliphatic heterocycles. The molecule has 0 spiro atoms. The lowest BCUT2D eigenvalue weighted by atomic mass is 9.98. The molecule has 1 aliphatic carbocycles. The predicted molar refractivity (Wildman–Crippen MR) is 232 cm³/mol. The van der Waals surface area contributed by atoms with E-state index in [-0.39, 0.29) is 0 Å². The normalized spacial score (nSPS) is 12.4. The molecule has 56 heavy (non-hydrogen) atoms. The van der Waals surface area contributed by atoms with Crippen molar-refractivity contribution in [3.8, 4) is 56.4 Å². The molecule has 0 amide bonds. The van der Waals surface area contributed by atoms with Gasteiger partial charge in [-0.1, -0.05) is 133 Å². The molecule has 264 valence electrons. The van der Waals surface area contributed by atoms with Crippen LogP contribution in [0.25, 0.3) is 95.2 Å². The van der Waals surface area contributed by atoms with Gasteiger partial charge >= 0.3 is 0 Å². The zero-order valence-corrected chi connectivity index (χ0v) is 30.7. The van der Waals surface area contributed by atoms with Crippen LogP contribution in [0.3, 0.4) is 0 Å². The molecule has 0 saturated carbocycles.